The van der Waals surface area contributed by atoms with E-state index < -0.39 is 0 Å². The second-order valence-corrected chi connectivity index (χ2v) is 10.7. The number of thiophene rings is 4. The Labute approximate surface area is 167 Å². The van der Waals surface area contributed by atoms with Crippen molar-refractivity contribution in [3.05, 3.63) is 45.1 Å². The minimum atomic E-state index is 0.120. The molecule has 0 aromatic carbocycles. The molecule has 0 bridgehead atoms. The first-order chi connectivity index (χ1) is 12.4. The van der Waals surface area contributed by atoms with Crippen molar-refractivity contribution in [3.8, 4) is 19.5 Å². The van der Waals surface area contributed by atoms with Crippen molar-refractivity contribution in [2.24, 2.45) is 0 Å². The SMILES string of the molecule is CC(=O)c1ccc(-c2sc3sc(-c4ccc(C(C)=O)s4)c(C)c3c2C)s1. The molecule has 0 radical (unpaired) electrons. The van der Waals surface area contributed by atoms with Gasteiger partial charge < -0.3 is 0 Å². The lowest BCUT2D eigenvalue weighted by Crippen LogP contribution is -1.83. The summed E-state index contributed by atoms with van der Waals surface area (Å²) in [6.45, 7) is 7.56. The Kier molecular flexibility index (Phi) is 4.47. The summed E-state index contributed by atoms with van der Waals surface area (Å²) < 4.78 is 1.31. The van der Waals surface area contributed by atoms with Gasteiger partial charge in [-0.05, 0) is 63.1 Å². The van der Waals surface area contributed by atoms with Gasteiger partial charge in [0, 0.05) is 24.9 Å². The van der Waals surface area contributed by atoms with E-state index in [0.717, 1.165) is 19.5 Å². The minimum Gasteiger partial charge on any atom is -0.294 e. The molecule has 4 aromatic heterocycles. The average molecular weight is 417 g/mol. The first kappa shape index (κ1) is 17.8. The topological polar surface area (TPSA) is 34.1 Å². The maximum atomic E-state index is 11.6. The van der Waals surface area contributed by atoms with Crippen LogP contribution in [0.4, 0.5) is 0 Å². The van der Waals surface area contributed by atoms with Crippen molar-refractivity contribution >= 4 is 66.3 Å². The van der Waals surface area contributed by atoms with E-state index in [2.05, 4.69) is 26.0 Å². The molecule has 0 saturated heterocycles. The summed E-state index contributed by atoms with van der Waals surface area (Å²) in [6, 6.07) is 7.95. The third-order valence-corrected chi connectivity index (χ3v) is 9.78. The zero-order valence-electron chi connectivity index (χ0n) is 14.8. The van der Waals surface area contributed by atoms with Gasteiger partial charge >= 0.3 is 0 Å². The average Bonchev–Trinajstić information content (AvgIpc) is 3.33. The number of rotatable bonds is 4. The van der Waals surface area contributed by atoms with E-state index in [1.54, 1.807) is 59.2 Å². The van der Waals surface area contributed by atoms with Crippen molar-refractivity contribution in [2.75, 3.05) is 0 Å². The zero-order chi connectivity index (χ0) is 18.6. The smallest absolute Gasteiger partial charge is 0.169 e. The second-order valence-electron chi connectivity index (χ2n) is 6.21. The Morgan fingerprint density at radius 3 is 1.42 bits per heavy atom. The van der Waals surface area contributed by atoms with E-state index in [4.69, 9.17) is 0 Å². The van der Waals surface area contributed by atoms with Crippen LogP contribution in [0, 0.1) is 13.8 Å². The number of hydrogen-bond donors (Lipinski definition) is 0. The summed E-state index contributed by atoms with van der Waals surface area (Å²) in [4.78, 5) is 29.7. The van der Waals surface area contributed by atoms with Gasteiger partial charge in [0.05, 0.1) is 13.8 Å². The minimum absolute atomic E-state index is 0.120. The largest absolute Gasteiger partial charge is 0.294 e. The van der Waals surface area contributed by atoms with Crippen LogP contribution in [0.3, 0.4) is 0 Å². The van der Waals surface area contributed by atoms with Crippen LogP contribution in [0.15, 0.2) is 24.3 Å². The quantitative estimate of drug-likeness (QED) is 0.324. The van der Waals surface area contributed by atoms with E-state index >= 15 is 0 Å². The summed E-state index contributed by atoms with van der Waals surface area (Å²) in [5, 5.41) is 1.32. The molecule has 0 amide bonds. The maximum Gasteiger partial charge on any atom is 0.169 e. The molecule has 26 heavy (non-hydrogen) atoms. The van der Waals surface area contributed by atoms with Crippen LogP contribution in [0.5, 0.6) is 0 Å². The molecule has 6 heteroatoms. The molecule has 0 atom stereocenters. The zero-order valence-corrected chi connectivity index (χ0v) is 18.0. The molecule has 0 aliphatic rings. The molecule has 0 aliphatic carbocycles. The van der Waals surface area contributed by atoms with E-state index in [1.807, 2.05) is 12.1 Å². The molecule has 4 heterocycles. The molecule has 2 nitrogen and oxygen atoms in total. The van der Waals surface area contributed by atoms with Crippen LogP contribution < -0.4 is 0 Å². The molecule has 0 N–H and O–H groups in total. The molecular weight excluding hydrogens is 400 g/mol. The van der Waals surface area contributed by atoms with Crippen molar-refractivity contribution in [1.82, 2.24) is 0 Å². The lowest BCUT2D eigenvalue weighted by Gasteiger charge is -1.99. The molecule has 0 spiro atoms. The van der Waals surface area contributed by atoms with E-state index in [1.165, 1.54) is 30.3 Å². The fourth-order valence-electron chi connectivity index (χ4n) is 3.04. The Morgan fingerprint density at radius 1 is 0.692 bits per heavy atom. The Bertz CT molecular complexity index is 1080. The third kappa shape index (κ3) is 2.81. The van der Waals surface area contributed by atoms with Crippen LogP contribution in [0.1, 0.15) is 44.3 Å². The summed E-state index contributed by atoms with van der Waals surface area (Å²) >= 11 is 6.74. The molecule has 4 aromatic rings. The van der Waals surface area contributed by atoms with Gasteiger partial charge in [0.15, 0.2) is 11.6 Å². The van der Waals surface area contributed by atoms with Gasteiger partial charge in [-0.3, -0.25) is 9.59 Å². The highest BCUT2D eigenvalue weighted by Gasteiger charge is 2.20. The fraction of sp³-hybridized carbons (Fsp3) is 0.200. The molecule has 0 unspecified atom stereocenters. The first-order valence-corrected chi connectivity index (χ1v) is 11.4. The summed E-state index contributed by atoms with van der Waals surface area (Å²) in [7, 11) is 0. The lowest BCUT2D eigenvalue weighted by atomic mass is 10.1. The van der Waals surface area contributed by atoms with Crippen LogP contribution in [0.2, 0.25) is 0 Å². The van der Waals surface area contributed by atoms with Gasteiger partial charge in [-0.15, -0.1) is 45.3 Å². The first-order valence-electron chi connectivity index (χ1n) is 8.11. The monoisotopic (exact) mass is 416 g/mol. The second kappa shape index (κ2) is 6.53. The molecule has 0 fully saturated rings. The molecule has 0 saturated carbocycles. The van der Waals surface area contributed by atoms with E-state index in [9.17, 15) is 9.59 Å². The molecular formula is C20H16O2S4. The summed E-state index contributed by atoms with van der Waals surface area (Å²) in [6.07, 6.45) is 0. The number of aryl methyl sites for hydroxylation is 2. The lowest BCUT2D eigenvalue weighted by molar-refractivity contribution is 0.101. The summed E-state index contributed by atoms with van der Waals surface area (Å²) in [5.41, 5.74) is 2.57. The van der Waals surface area contributed by atoms with Crippen molar-refractivity contribution in [3.63, 3.8) is 0 Å². The fourth-order valence-corrected chi connectivity index (χ4v) is 8.04. The molecule has 0 aliphatic heterocycles. The predicted molar refractivity (Wildman–Crippen MR) is 116 cm³/mol. The maximum absolute atomic E-state index is 11.6. The van der Waals surface area contributed by atoms with Crippen LogP contribution in [-0.4, -0.2) is 11.6 Å². The van der Waals surface area contributed by atoms with Crippen molar-refractivity contribution in [1.29, 1.82) is 0 Å². The highest BCUT2D eigenvalue weighted by atomic mass is 32.2. The van der Waals surface area contributed by atoms with E-state index in [-0.39, 0.29) is 11.6 Å². The van der Waals surface area contributed by atoms with Gasteiger partial charge in [0.1, 0.15) is 0 Å². The Hall–Kier alpha value is -1.60. The standard InChI is InChI=1S/C20H16O2S4/c1-9-17-10(2)19(16-8-6-14(24-16)12(4)22)26-20(17)25-18(9)15-7-5-13(23-15)11(3)21/h5-8H,1-4H3. The predicted octanol–water partition coefficient (Wildman–Crippen LogP) is 7.44. The number of Topliss-reactive ketones (excluding diaryl/α,β-unsaturated/α-hetero) is 2. The normalized spacial score (nSPS) is 11.4. The van der Waals surface area contributed by atoms with Gasteiger partial charge in [-0.1, -0.05) is 0 Å². The van der Waals surface area contributed by atoms with Crippen LogP contribution in [0.25, 0.3) is 28.9 Å². The molecule has 4 rings (SSSR count). The van der Waals surface area contributed by atoms with Crippen molar-refractivity contribution < 1.29 is 9.59 Å². The Morgan fingerprint density at radius 2 is 1.12 bits per heavy atom. The van der Waals surface area contributed by atoms with Gasteiger partial charge in [-0.2, -0.15) is 0 Å². The number of hydrogen-bond acceptors (Lipinski definition) is 6. The number of ketones is 2. The van der Waals surface area contributed by atoms with E-state index in [0.29, 0.717) is 0 Å². The highest BCUT2D eigenvalue weighted by Crippen LogP contribution is 2.49. The highest BCUT2D eigenvalue weighted by molar-refractivity contribution is 7.42. The molecule has 132 valence electrons. The van der Waals surface area contributed by atoms with Crippen molar-refractivity contribution in [2.45, 2.75) is 27.7 Å². The van der Waals surface area contributed by atoms with Gasteiger partial charge in [0.2, 0.25) is 0 Å². The number of carbonyl (C=O) groups is 2. The van der Waals surface area contributed by atoms with Gasteiger partial charge in [0.25, 0.3) is 0 Å². The van der Waals surface area contributed by atoms with Crippen LogP contribution >= 0.6 is 45.3 Å². The third-order valence-electron chi connectivity index (χ3n) is 4.38. The summed E-state index contributed by atoms with van der Waals surface area (Å²) in [5.74, 6) is 0.240. The van der Waals surface area contributed by atoms with Crippen LogP contribution in [-0.2, 0) is 0 Å². The van der Waals surface area contributed by atoms with Gasteiger partial charge in [-0.25, -0.2) is 0 Å². The number of fused-ring (bicyclic) bond motifs is 1. The number of carbonyl (C=O) groups excluding carboxylic acids is 2. The Balaban J connectivity index is 1.82.